The Morgan fingerprint density at radius 2 is 2.08 bits per heavy atom. The van der Waals surface area contributed by atoms with Crippen molar-refractivity contribution in [2.75, 3.05) is 19.8 Å². The lowest BCUT2D eigenvalue weighted by Crippen LogP contribution is -2.45. The van der Waals surface area contributed by atoms with Crippen molar-refractivity contribution in [1.29, 1.82) is 0 Å². The van der Waals surface area contributed by atoms with Gasteiger partial charge in [0.25, 0.3) is 0 Å². The average Bonchev–Trinajstić information content (AvgIpc) is 2.79. The van der Waals surface area contributed by atoms with E-state index in [2.05, 4.69) is 6.92 Å². The summed E-state index contributed by atoms with van der Waals surface area (Å²) >= 11 is 0. The molecule has 142 valence electrons. The van der Waals surface area contributed by atoms with Gasteiger partial charge in [0, 0.05) is 12.0 Å². The number of aldehydes is 1. The third-order valence-corrected chi connectivity index (χ3v) is 6.85. The van der Waals surface area contributed by atoms with Gasteiger partial charge >= 0.3 is 0 Å². The summed E-state index contributed by atoms with van der Waals surface area (Å²) in [6.07, 6.45) is 7.03. The predicted molar refractivity (Wildman–Crippen MR) is 95.8 cm³/mol. The molecule has 0 aromatic rings. The van der Waals surface area contributed by atoms with Gasteiger partial charge in [-0.05, 0) is 62.0 Å². The van der Waals surface area contributed by atoms with E-state index in [-0.39, 0.29) is 31.7 Å². The first kappa shape index (κ1) is 20.3. The van der Waals surface area contributed by atoms with Crippen LogP contribution in [0.3, 0.4) is 0 Å². The van der Waals surface area contributed by atoms with Crippen LogP contribution in [-0.2, 0) is 4.79 Å². The van der Waals surface area contributed by atoms with Crippen LogP contribution in [0.15, 0.2) is 23.3 Å². The van der Waals surface area contributed by atoms with Gasteiger partial charge in [0.1, 0.15) is 6.29 Å². The number of allylic oxidation sites excluding steroid dienone is 1. The summed E-state index contributed by atoms with van der Waals surface area (Å²) in [4.78, 5) is 12.2. The minimum absolute atomic E-state index is 0.0436. The maximum Gasteiger partial charge on any atom is 0.129 e. The fraction of sp³-hybridized carbons (Fsp3) is 0.750. The molecule has 0 saturated heterocycles. The highest BCUT2D eigenvalue weighted by Crippen LogP contribution is 2.63. The van der Waals surface area contributed by atoms with Crippen molar-refractivity contribution in [2.45, 2.75) is 52.1 Å². The average molecular weight is 352 g/mol. The minimum atomic E-state index is -0.848. The topological polar surface area (TPSA) is 98.0 Å². The van der Waals surface area contributed by atoms with Gasteiger partial charge in [0.15, 0.2) is 0 Å². The highest BCUT2D eigenvalue weighted by atomic mass is 16.3. The third-order valence-electron chi connectivity index (χ3n) is 6.85. The number of aliphatic hydroxyl groups excluding tert-OH is 4. The molecule has 1 saturated carbocycles. The lowest BCUT2D eigenvalue weighted by atomic mass is 9.62. The Morgan fingerprint density at radius 3 is 2.64 bits per heavy atom. The van der Waals surface area contributed by atoms with Crippen LogP contribution < -0.4 is 0 Å². The third kappa shape index (κ3) is 3.35. The van der Waals surface area contributed by atoms with Gasteiger partial charge < -0.3 is 25.2 Å². The molecule has 0 aliphatic heterocycles. The van der Waals surface area contributed by atoms with Crippen molar-refractivity contribution >= 4 is 6.29 Å². The molecule has 0 amide bonds. The zero-order valence-electron chi connectivity index (χ0n) is 15.3. The molecule has 5 nitrogen and oxygen atoms in total. The first-order valence-electron chi connectivity index (χ1n) is 9.23. The molecule has 0 radical (unpaired) electrons. The molecule has 1 fully saturated rings. The number of carbonyl (C=O) groups is 1. The number of hydrogen-bond donors (Lipinski definition) is 4. The van der Waals surface area contributed by atoms with Crippen LogP contribution in [0.4, 0.5) is 0 Å². The summed E-state index contributed by atoms with van der Waals surface area (Å²) in [7, 11) is 0. The Hall–Kier alpha value is -1.01. The zero-order valence-corrected chi connectivity index (χ0v) is 15.3. The lowest BCUT2D eigenvalue weighted by molar-refractivity contribution is -0.127. The Labute approximate surface area is 150 Å². The quantitative estimate of drug-likeness (QED) is 0.412. The maximum atomic E-state index is 12.2. The first-order chi connectivity index (χ1) is 11.9. The van der Waals surface area contributed by atoms with Gasteiger partial charge in [0.2, 0.25) is 0 Å². The highest BCUT2D eigenvalue weighted by molar-refractivity contribution is 5.64. The molecule has 25 heavy (non-hydrogen) atoms. The SMILES string of the molecule is CC1=CCCC2C(C=O)(CC(C)C2(CO)CCC(=CCO)CO)C1O. The fourth-order valence-corrected chi connectivity index (χ4v) is 5.35. The molecule has 5 heteroatoms. The van der Waals surface area contributed by atoms with Crippen molar-refractivity contribution in [3.05, 3.63) is 23.3 Å². The van der Waals surface area contributed by atoms with Crippen LogP contribution in [0.2, 0.25) is 0 Å². The molecular formula is C20H32O5. The van der Waals surface area contributed by atoms with Crippen LogP contribution in [0.1, 0.15) is 46.0 Å². The second-order valence-corrected chi connectivity index (χ2v) is 7.91. The van der Waals surface area contributed by atoms with Crippen LogP contribution in [0, 0.1) is 22.7 Å². The van der Waals surface area contributed by atoms with Crippen molar-refractivity contribution in [2.24, 2.45) is 22.7 Å². The Balaban J connectivity index is 2.38. The van der Waals surface area contributed by atoms with Gasteiger partial charge in [0.05, 0.1) is 24.7 Å². The molecule has 0 aromatic heterocycles. The van der Waals surface area contributed by atoms with Gasteiger partial charge in [-0.2, -0.15) is 0 Å². The molecular weight excluding hydrogens is 320 g/mol. The van der Waals surface area contributed by atoms with Crippen LogP contribution in [0.25, 0.3) is 0 Å². The number of rotatable bonds is 7. The maximum absolute atomic E-state index is 12.2. The van der Waals surface area contributed by atoms with E-state index in [1.54, 1.807) is 6.08 Å². The molecule has 5 atom stereocenters. The molecule has 0 spiro atoms. The van der Waals surface area contributed by atoms with E-state index in [1.165, 1.54) is 0 Å². The van der Waals surface area contributed by atoms with Gasteiger partial charge in [-0.3, -0.25) is 0 Å². The summed E-state index contributed by atoms with van der Waals surface area (Å²) in [5.74, 6) is -0.0161. The standard InChI is InChI=1S/C20H32O5/c1-14-4-3-5-17-19(12-23,8-6-16(11-22)7-9-21)15(2)10-20(17,13-24)18(14)25/h4,7,13,15,17-18,21-23,25H,3,5-6,8-12H2,1-2H3. The summed E-state index contributed by atoms with van der Waals surface area (Å²) in [5.41, 5.74) is 0.268. The molecule has 0 heterocycles. The van der Waals surface area contributed by atoms with Crippen molar-refractivity contribution < 1.29 is 25.2 Å². The molecule has 2 rings (SSSR count). The molecule has 4 N–H and O–H groups in total. The van der Waals surface area contributed by atoms with E-state index < -0.39 is 16.9 Å². The van der Waals surface area contributed by atoms with E-state index in [0.29, 0.717) is 19.3 Å². The molecule has 5 unspecified atom stereocenters. The van der Waals surface area contributed by atoms with Crippen LogP contribution in [-0.4, -0.2) is 52.6 Å². The van der Waals surface area contributed by atoms with E-state index in [1.807, 2.05) is 13.0 Å². The summed E-state index contributed by atoms with van der Waals surface area (Å²) < 4.78 is 0. The first-order valence-corrected chi connectivity index (χ1v) is 9.23. The van der Waals surface area contributed by atoms with Crippen LogP contribution in [0.5, 0.6) is 0 Å². The van der Waals surface area contributed by atoms with Gasteiger partial charge in [-0.15, -0.1) is 0 Å². The molecule has 2 aliphatic carbocycles. The fourth-order valence-electron chi connectivity index (χ4n) is 5.35. The number of hydrogen-bond acceptors (Lipinski definition) is 5. The second kappa shape index (κ2) is 8.12. The zero-order chi connectivity index (χ0) is 18.7. The number of fused-ring (bicyclic) bond motifs is 1. The number of carbonyl (C=O) groups excluding carboxylic acids is 1. The molecule has 2 aliphatic rings. The molecule has 0 bridgehead atoms. The smallest absolute Gasteiger partial charge is 0.129 e. The molecule has 0 aromatic carbocycles. The normalized spacial score (nSPS) is 38.9. The van der Waals surface area contributed by atoms with Crippen LogP contribution >= 0.6 is 0 Å². The Bertz CT molecular complexity index is 540. The summed E-state index contributed by atoms with van der Waals surface area (Å²) in [5, 5.41) is 39.8. The highest BCUT2D eigenvalue weighted by Gasteiger charge is 2.62. The van der Waals surface area contributed by atoms with E-state index in [9.17, 15) is 20.1 Å². The number of aliphatic hydroxyl groups is 4. The second-order valence-electron chi connectivity index (χ2n) is 7.91. The van der Waals surface area contributed by atoms with Gasteiger partial charge in [-0.1, -0.05) is 19.1 Å². The Kier molecular flexibility index (Phi) is 6.60. The van der Waals surface area contributed by atoms with Crippen molar-refractivity contribution in [3.63, 3.8) is 0 Å². The van der Waals surface area contributed by atoms with E-state index >= 15 is 0 Å². The summed E-state index contributed by atoms with van der Waals surface area (Å²) in [6, 6.07) is 0. The summed E-state index contributed by atoms with van der Waals surface area (Å²) in [6.45, 7) is 3.63. The van der Waals surface area contributed by atoms with E-state index in [4.69, 9.17) is 5.11 Å². The van der Waals surface area contributed by atoms with Crippen molar-refractivity contribution in [1.82, 2.24) is 0 Å². The minimum Gasteiger partial charge on any atom is -0.396 e. The van der Waals surface area contributed by atoms with Gasteiger partial charge in [-0.25, -0.2) is 0 Å². The largest absolute Gasteiger partial charge is 0.396 e. The lowest BCUT2D eigenvalue weighted by Gasteiger charge is -2.42. The predicted octanol–water partition coefficient (Wildman–Crippen LogP) is 1.60. The Morgan fingerprint density at radius 1 is 1.36 bits per heavy atom. The van der Waals surface area contributed by atoms with E-state index in [0.717, 1.165) is 30.3 Å². The van der Waals surface area contributed by atoms with Crippen molar-refractivity contribution in [3.8, 4) is 0 Å². The monoisotopic (exact) mass is 352 g/mol.